The number of likely N-dealkylation sites (tertiary alicyclic amines) is 1. The van der Waals surface area contributed by atoms with Crippen molar-refractivity contribution in [3.63, 3.8) is 0 Å². The topological polar surface area (TPSA) is 49.4 Å². The number of carbonyl (C=O) groups is 2. The molecule has 0 bridgehead atoms. The van der Waals surface area contributed by atoms with E-state index in [1.165, 1.54) is 4.90 Å². The zero-order valence-corrected chi connectivity index (χ0v) is 9.32. The Labute approximate surface area is 90.0 Å². The average Bonchev–Trinajstić information content (AvgIpc) is 2.92. The van der Waals surface area contributed by atoms with Gasteiger partial charge in [-0.05, 0) is 25.3 Å². The highest BCUT2D eigenvalue weighted by Crippen LogP contribution is 2.31. The minimum atomic E-state index is -0.263. The third-order valence-electron chi connectivity index (χ3n) is 2.87. The Bertz CT molecular complexity index is 284. The number of amides is 2. The Morgan fingerprint density at radius 3 is 2.60 bits per heavy atom. The monoisotopic (exact) mass is 210 g/mol. The summed E-state index contributed by atoms with van der Waals surface area (Å²) in [4.78, 5) is 24.9. The highest BCUT2D eigenvalue weighted by Gasteiger charge is 2.45. The van der Waals surface area contributed by atoms with E-state index in [-0.39, 0.29) is 23.9 Å². The van der Waals surface area contributed by atoms with Crippen LogP contribution in [0.4, 0.5) is 0 Å². The van der Waals surface area contributed by atoms with Crippen LogP contribution in [0.2, 0.25) is 0 Å². The third-order valence-corrected chi connectivity index (χ3v) is 2.87. The van der Waals surface area contributed by atoms with E-state index >= 15 is 0 Å². The summed E-state index contributed by atoms with van der Waals surface area (Å²) in [6.45, 7) is 4.97. The first-order valence-electron chi connectivity index (χ1n) is 5.69. The van der Waals surface area contributed by atoms with Gasteiger partial charge in [-0.3, -0.25) is 14.5 Å². The van der Waals surface area contributed by atoms with E-state index in [0.717, 1.165) is 19.4 Å². The standard InChI is InChI=1S/C11H18N2O2/c1-7(2)6-12-9-5-10(14)13(11(9)15)8-3-4-8/h7-9,12H,3-6H2,1-2H3. The molecule has 2 fully saturated rings. The lowest BCUT2D eigenvalue weighted by Crippen LogP contribution is -2.40. The highest BCUT2D eigenvalue weighted by atomic mass is 16.2. The Kier molecular flexibility index (Phi) is 2.78. The second-order valence-electron chi connectivity index (χ2n) is 4.89. The van der Waals surface area contributed by atoms with Crippen molar-refractivity contribution in [3.8, 4) is 0 Å². The van der Waals surface area contributed by atoms with Crippen molar-refractivity contribution >= 4 is 11.8 Å². The van der Waals surface area contributed by atoms with E-state index in [9.17, 15) is 9.59 Å². The first-order valence-corrected chi connectivity index (χ1v) is 5.69. The average molecular weight is 210 g/mol. The van der Waals surface area contributed by atoms with Crippen molar-refractivity contribution in [2.24, 2.45) is 5.92 Å². The molecule has 4 heteroatoms. The van der Waals surface area contributed by atoms with Crippen molar-refractivity contribution < 1.29 is 9.59 Å². The summed E-state index contributed by atoms with van der Waals surface area (Å²) in [5.41, 5.74) is 0. The SMILES string of the molecule is CC(C)CNC1CC(=O)N(C2CC2)C1=O. The van der Waals surface area contributed by atoms with Crippen LogP contribution < -0.4 is 5.32 Å². The van der Waals surface area contributed by atoms with Crippen LogP contribution in [0.25, 0.3) is 0 Å². The van der Waals surface area contributed by atoms with Gasteiger partial charge in [0.1, 0.15) is 0 Å². The predicted octanol–water partition coefficient (Wildman–Crippen LogP) is 0.522. The summed E-state index contributed by atoms with van der Waals surface area (Å²) in [6, 6.07) is -0.0450. The summed E-state index contributed by atoms with van der Waals surface area (Å²) in [5, 5.41) is 3.16. The van der Waals surface area contributed by atoms with E-state index < -0.39 is 0 Å². The maximum atomic E-state index is 11.9. The minimum Gasteiger partial charge on any atom is -0.305 e. The predicted molar refractivity (Wildman–Crippen MR) is 56.1 cm³/mol. The van der Waals surface area contributed by atoms with Crippen molar-refractivity contribution in [2.45, 2.75) is 45.2 Å². The first kappa shape index (κ1) is 10.6. The van der Waals surface area contributed by atoms with Gasteiger partial charge in [-0.25, -0.2) is 0 Å². The molecule has 15 heavy (non-hydrogen) atoms. The molecule has 2 aliphatic rings. The molecule has 84 valence electrons. The van der Waals surface area contributed by atoms with Gasteiger partial charge < -0.3 is 5.32 Å². The minimum absolute atomic E-state index is 0.00348. The number of carbonyl (C=O) groups excluding carboxylic acids is 2. The molecule has 1 atom stereocenters. The lowest BCUT2D eigenvalue weighted by atomic mass is 10.2. The summed E-state index contributed by atoms with van der Waals surface area (Å²) in [7, 11) is 0. The summed E-state index contributed by atoms with van der Waals surface area (Å²) < 4.78 is 0. The van der Waals surface area contributed by atoms with Gasteiger partial charge in [0, 0.05) is 6.04 Å². The number of nitrogens with zero attached hydrogens (tertiary/aromatic N) is 1. The molecule has 0 aromatic rings. The van der Waals surface area contributed by atoms with Gasteiger partial charge in [0.25, 0.3) is 0 Å². The molecule has 0 aromatic carbocycles. The fourth-order valence-electron chi connectivity index (χ4n) is 1.90. The summed E-state index contributed by atoms with van der Waals surface area (Å²) in [5.74, 6) is 0.495. The van der Waals surface area contributed by atoms with E-state index in [2.05, 4.69) is 19.2 Å². The quantitative estimate of drug-likeness (QED) is 0.688. The van der Waals surface area contributed by atoms with Crippen LogP contribution in [0.5, 0.6) is 0 Å². The molecule has 1 unspecified atom stereocenters. The van der Waals surface area contributed by atoms with Crippen LogP contribution in [-0.4, -0.2) is 35.3 Å². The zero-order chi connectivity index (χ0) is 11.0. The Morgan fingerprint density at radius 1 is 1.40 bits per heavy atom. The van der Waals surface area contributed by atoms with Crippen LogP contribution in [0.3, 0.4) is 0 Å². The number of nitrogens with one attached hydrogen (secondary N) is 1. The number of imide groups is 1. The van der Waals surface area contributed by atoms with Gasteiger partial charge in [0.15, 0.2) is 0 Å². The first-order chi connectivity index (χ1) is 7.09. The molecule has 1 aliphatic heterocycles. The fourth-order valence-corrected chi connectivity index (χ4v) is 1.90. The Hall–Kier alpha value is -0.900. The largest absolute Gasteiger partial charge is 0.305 e. The smallest absolute Gasteiger partial charge is 0.247 e. The normalized spacial score (nSPS) is 26.9. The Balaban J connectivity index is 1.92. The molecular weight excluding hydrogens is 192 g/mol. The van der Waals surface area contributed by atoms with Gasteiger partial charge in [-0.2, -0.15) is 0 Å². The van der Waals surface area contributed by atoms with Gasteiger partial charge >= 0.3 is 0 Å². The van der Waals surface area contributed by atoms with Crippen molar-refractivity contribution in [1.82, 2.24) is 10.2 Å². The maximum Gasteiger partial charge on any atom is 0.247 e. The molecule has 1 N–H and O–H groups in total. The molecule has 2 rings (SSSR count). The second-order valence-corrected chi connectivity index (χ2v) is 4.89. The molecule has 0 radical (unpaired) electrons. The van der Waals surface area contributed by atoms with Crippen molar-refractivity contribution in [1.29, 1.82) is 0 Å². The van der Waals surface area contributed by atoms with Crippen LogP contribution in [0.1, 0.15) is 33.1 Å². The highest BCUT2D eigenvalue weighted by molar-refractivity contribution is 6.06. The van der Waals surface area contributed by atoms with Crippen LogP contribution in [-0.2, 0) is 9.59 Å². The molecular formula is C11H18N2O2. The molecule has 1 saturated heterocycles. The lowest BCUT2D eigenvalue weighted by molar-refractivity contribution is -0.139. The molecule has 4 nitrogen and oxygen atoms in total. The van der Waals surface area contributed by atoms with Crippen molar-refractivity contribution in [3.05, 3.63) is 0 Å². The second kappa shape index (κ2) is 3.93. The van der Waals surface area contributed by atoms with Gasteiger partial charge in [-0.15, -0.1) is 0 Å². The number of hydrogen-bond donors (Lipinski definition) is 1. The van der Waals surface area contributed by atoms with Crippen LogP contribution in [0.15, 0.2) is 0 Å². The Morgan fingerprint density at radius 2 is 2.07 bits per heavy atom. The van der Waals surface area contributed by atoms with Crippen LogP contribution in [0, 0.1) is 5.92 Å². The summed E-state index contributed by atoms with van der Waals surface area (Å²) in [6.07, 6.45) is 2.34. The third kappa shape index (κ3) is 2.20. The molecule has 0 spiro atoms. The maximum absolute atomic E-state index is 11.9. The van der Waals surface area contributed by atoms with Crippen molar-refractivity contribution in [2.75, 3.05) is 6.54 Å². The summed E-state index contributed by atoms with van der Waals surface area (Å²) >= 11 is 0. The van der Waals surface area contributed by atoms with E-state index in [1.807, 2.05) is 0 Å². The molecule has 0 aromatic heterocycles. The van der Waals surface area contributed by atoms with E-state index in [1.54, 1.807) is 0 Å². The molecule has 2 amide bonds. The molecule has 1 saturated carbocycles. The number of rotatable bonds is 4. The van der Waals surface area contributed by atoms with Gasteiger partial charge in [0.2, 0.25) is 11.8 Å². The van der Waals surface area contributed by atoms with Crippen LogP contribution >= 0.6 is 0 Å². The zero-order valence-electron chi connectivity index (χ0n) is 9.32. The molecule has 1 heterocycles. The number of hydrogen-bond acceptors (Lipinski definition) is 3. The molecule has 1 aliphatic carbocycles. The fraction of sp³-hybridized carbons (Fsp3) is 0.818. The van der Waals surface area contributed by atoms with Gasteiger partial charge in [0.05, 0.1) is 12.5 Å². The van der Waals surface area contributed by atoms with Gasteiger partial charge in [-0.1, -0.05) is 13.8 Å². The lowest BCUT2D eigenvalue weighted by Gasteiger charge is -2.15. The van der Waals surface area contributed by atoms with E-state index in [4.69, 9.17) is 0 Å². The van der Waals surface area contributed by atoms with E-state index in [0.29, 0.717) is 12.3 Å².